The van der Waals surface area contributed by atoms with Gasteiger partial charge in [-0.3, -0.25) is 0 Å². The van der Waals surface area contributed by atoms with Crippen molar-refractivity contribution < 1.29 is 0 Å². The summed E-state index contributed by atoms with van der Waals surface area (Å²) in [5, 5.41) is 11.5. The van der Waals surface area contributed by atoms with Gasteiger partial charge < -0.3 is 5.32 Å². The topological polar surface area (TPSA) is 37.8 Å². The number of fused-ring (bicyclic) bond motifs is 3. The quantitative estimate of drug-likeness (QED) is 0.816. The Kier molecular flexibility index (Phi) is 2.29. The molecule has 3 rings (SSSR count). The molecule has 1 aromatic heterocycles. The molecule has 0 atom stereocenters. The molecule has 1 N–H and O–H groups in total. The molecule has 0 saturated heterocycles. The van der Waals surface area contributed by atoms with Crippen molar-refractivity contribution in [3.63, 3.8) is 0 Å². The van der Waals surface area contributed by atoms with E-state index < -0.39 is 0 Å². The van der Waals surface area contributed by atoms with Gasteiger partial charge in [-0.1, -0.05) is 18.2 Å². The van der Waals surface area contributed by atoms with Gasteiger partial charge in [0.15, 0.2) is 0 Å². The molecule has 0 fully saturated rings. The van der Waals surface area contributed by atoms with Gasteiger partial charge >= 0.3 is 0 Å². The first kappa shape index (κ1) is 9.66. The normalized spacial score (nSPS) is 12.8. The van der Waals surface area contributed by atoms with E-state index in [-0.39, 0.29) is 0 Å². The Morgan fingerprint density at radius 1 is 1.25 bits per heavy atom. The number of hydrogen-bond acceptors (Lipinski definition) is 4. The largest absolute Gasteiger partial charge is 0.372 e. The molecule has 1 aromatic carbocycles. The molecule has 0 spiro atoms. The van der Waals surface area contributed by atoms with E-state index >= 15 is 0 Å². The number of thioether (sulfide) groups is 1. The maximum absolute atomic E-state index is 4.31. The van der Waals surface area contributed by atoms with Crippen LogP contribution in [0.3, 0.4) is 0 Å². The smallest absolute Gasteiger partial charge is 0.148 e. The number of hydrogen-bond donors (Lipinski definition) is 1. The molecule has 3 nitrogen and oxygen atoms in total. The predicted molar refractivity (Wildman–Crippen MR) is 66.6 cm³/mol. The Morgan fingerprint density at radius 2 is 2.12 bits per heavy atom. The van der Waals surface area contributed by atoms with Crippen LogP contribution in [0.15, 0.2) is 35.2 Å². The molecule has 16 heavy (non-hydrogen) atoms. The summed E-state index contributed by atoms with van der Waals surface area (Å²) in [7, 11) is 1.86. The van der Waals surface area contributed by atoms with E-state index in [1.54, 1.807) is 0 Å². The molecule has 2 heterocycles. The molecule has 0 saturated carbocycles. The Morgan fingerprint density at radius 3 is 3.00 bits per heavy atom. The van der Waals surface area contributed by atoms with Crippen LogP contribution in [-0.4, -0.2) is 17.2 Å². The van der Waals surface area contributed by atoms with E-state index in [4.69, 9.17) is 0 Å². The molecule has 0 bridgehead atoms. The van der Waals surface area contributed by atoms with Gasteiger partial charge in [-0.25, -0.2) is 0 Å². The van der Waals surface area contributed by atoms with E-state index in [1.807, 2.05) is 24.9 Å². The highest BCUT2D eigenvalue weighted by atomic mass is 32.2. The Labute approximate surface area is 98.3 Å². The first-order valence-corrected chi connectivity index (χ1v) is 6.13. The van der Waals surface area contributed by atoms with E-state index in [0.29, 0.717) is 0 Å². The molecule has 4 heteroatoms. The fourth-order valence-electron chi connectivity index (χ4n) is 1.83. The Bertz CT molecular complexity index is 540. The van der Waals surface area contributed by atoms with E-state index in [2.05, 4.69) is 39.8 Å². The van der Waals surface area contributed by atoms with E-state index in [1.165, 1.54) is 16.0 Å². The van der Waals surface area contributed by atoms with Crippen LogP contribution in [0.4, 0.5) is 5.82 Å². The van der Waals surface area contributed by atoms with E-state index in [0.717, 1.165) is 17.3 Å². The van der Waals surface area contributed by atoms with Gasteiger partial charge in [0.25, 0.3) is 0 Å². The molecule has 2 aromatic rings. The predicted octanol–water partition coefficient (Wildman–Crippen LogP) is 2.79. The van der Waals surface area contributed by atoms with Crippen LogP contribution in [0, 0.1) is 0 Å². The van der Waals surface area contributed by atoms with Crippen LogP contribution in [0.25, 0.3) is 11.3 Å². The SMILES string of the molecule is CNc1cc2c(nn1)-c1ccccc1SC2. The van der Waals surface area contributed by atoms with Crippen molar-refractivity contribution in [2.75, 3.05) is 12.4 Å². The lowest BCUT2D eigenvalue weighted by Gasteiger charge is -2.17. The lowest BCUT2D eigenvalue weighted by atomic mass is 10.1. The molecule has 80 valence electrons. The maximum atomic E-state index is 4.31. The lowest BCUT2D eigenvalue weighted by molar-refractivity contribution is 1.01. The average molecular weight is 229 g/mol. The summed E-state index contributed by atoms with van der Waals surface area (Å²) in [4.78, 5) is 1.29. The van der Waals surface area contributed by atoms with Crippen molar-refractivity contribution in [3.8, 4) is 11.3 Å². The molecular weight excluding hydrogens is 218 g/mol. The lowest BCUT2D eigenvalue weighted by Crippen LogP contribution is -2.03. The minimum absolute atomic E-state index is 0.832. The average Bonchev–Trinajstić information content (AvgIpc) is 2.38. The van der Waals surface area contributed by atoms with Crippen LogP contribution in [0.2, 0.25) is 0 Å². The minimum atomic E-state index is 0.832. The van der Waals surface area contributed by atoms with Crippen LogP contribution in [0.5, 0.6) is 0 Å². The highest BCUT2D eigenvalue weighted by Gasteiger charge is 2.18. The van der Waals surface area contributed by atoms with Gasteiger partial charge in [0.1, 0.15) is 5.82 Å². The molecule has 1 aliphatic heterocycles. The van der Waals surface area contributed by atoms with Crippen molar-refractivity contribution >= 4 is 17.6 Å². The van der Waals surface area contributed by atoms with Crippen LogP contribution >= 0.6 is 11.8 Å². The highest BCUT2D eigenvalue weighted by molar-refractivity contribution is 7.98. The highest BCUT2D eigenvalue weighted by Crippen LogP contribution is 2.40. The van der Waals surface area contributed by atoms with Gasteiger partial charge in [-0.15, -0.1) is 22.0 Å². The minimum Gasteiger partial charge on any atom is -0.372 e. The fraction of sp³-hybridized carbons (Fsp3) is 0.167. The fourth-order valence-corrected chi connectivity index (χ4v) is 2.86. The summed E-state index contributed by atoms with van der Waals surface area (Å²) in [6, 6.07) is 10.4. The molecule has 0 unspecified atom stereocenters. The zero-order valence-corrected chi connectivity index (χ0v) is 9.71. The monoisotopic (exact) mass is 229 g/mol. The summed E-state index contributed by atoms with van der Waals surface area (Å²) >= 11 is 1.86. The van der Waals surface area contributed by atoms with Crippen molar-refractivity contribution in [3.05, 3.63) is 35.9 Å². The third-order valence-corrected chi connectivity index (χ3v) is 3.78. The van der Waals surface area contributed by atoms with Crippen molar-refractivity contribution in [2.45, 2.75) is 10.6 Å². The number of benzene rings is 1. The van der Waals surface area contributed by atoms with Crippen molar-refractivity contribution in [2.24, 2.45) is 0 Å². The summed E-state index contributed by atoms with van der Waals surface area (Å²) in [6.45, 7) is 0. The van der Waals surface area contributed by atoms with Crippen LogP contribution < -0.4 is 5.32 Å². The number of rotatable bonds is 1. The van der Waals surface area contributed by atoms with Gasteiger partial charge in [-0.05, 0) is 17.7 Å². The standard InChI is InChI=1S/C12H11N3S/c1-13-11-6-8-7-16-10-5-3-2-4-9(10)12(8)15-14-11/h2-6H,7H2,1H3,(H,13,14). The second kappa shape index (κ2) is 3.79. The zero-order chi connectivity index (χ0) is 11.0. The third-order valence-electron chi connectivity index (χ3n) is 2.65. The number of aromatic nitrogens is 2. The molecule has 0 radical (unpaired) electrons. The summed E-state index contributed by atoms with van der Waals surface area (Å²) < 4.78 is 0. The number of nitrogens with one attached hydrogen (secondary N) is 1. The summed E-state index contributed by atoms with van der Waals surface area (Å²) in [5.74, 6) is 1.80. The zero-order valence-electron chi connectivity index (χ0n) is 8.90. The van der Waals surface area contributed by atoms with Gasteiger partial charge in [0.2, 0.25) is 0 Å². The van der Waals surface area contributed by atoms with Gasteiger partial charge in [-0.2, -0.15) is 0 Å². The van der Waals surface area contributed by atoms with Crippen LogP contribution in [0.1, 0.15) is 5.56 Å². The molecule has 0 aliphatic carbocycles. The second-order valence-electron chi connectivity index (χ2n) is 3.64. The first-order valence-electron chi connectivity index (χ1n) is 5.15. The number of anilines is 1. The first-order chi connectivity index (χ1) is 7.88. The third kappa shape index (κ3) is 1.46. The van der Waals surface area contributed by atoms with Gasteiger partial charge in [0, 0.05) is 23.3 Å². The van der Waals surface area contributed by atoms with Crippen molar-refractivity contribution in [1.82, 2.24) is 10.2 Å². The maximum Gasteiger partial charge on any atom is 0.148 e. The second-order valence-corrected chi connectivity index (χ2v) is 4.66. The number of nitrogens with zero attached hydrogens (tertiary/aromatic N) is 2. The molecule has 1 aliphatic rings. The summed E-state index contributed by atoms with van der Waals surface area (Å²) in [6.07, 6.45) is 0. The van der Waals surface area contributed by atoms with Gasteiger partial charge in [0.05, 0.1) is 5.69 Å². The van der Waals surface area contributed by atoms with Crippen LogP contribution in [-0.2, 0) is 5.75 Å². The van der Waals surface area contributed by atoms with E-state index in [9.17, 15) is 0 Å². The summed E-state index contributed by atoms with van der Waals surface area (Å²) in [5.41, 5.74) is 3.47. The Balaban J connectivity index is 2.18. The van der Waals surface area contributed by atoms with Crippen molar-refractivity contribution in [1.29, 1.82) is 0 Å². The molecule has 0 amide bonds. The Hall–Kier alpha value is -1.55. The molecular formula is C12H11N3S.